The highest BCUT2D eigenvalue weighted by Gasteiger charge is 2.41. The summed E-state index contributed by atoms with van der Waals surface area (Å²) in [5, 5.41) is 9.55. The molecule has 0 aliphatic carbocycles. The average Bonchev–Trinajstić information content (AvgIpc) is 2.40. The molecule has 0 radical (unpaired) electrons. The van der Waals surface area contributed by atoms with Gasteiger partial charge < -0.3 is 14.7 Å². The lowest BCUT2D eigenvalue weighted by atomic mass is 9.79. The first kappa shape index (κ1) is 13.9. The number of aryl methyl sites for hydroxylation is 1. The second-order valence-electron chi connectivity index (χ2n) is 5.39. The summed E-state index contributed by atoms with van der Waals surface area (Å²) in [5.41, 5.74) is 1.58. The smallest absolute Gasteiger partial charge is 0.311 e. The molecule has 104 valence electrons. The van der Waals surface area contributed by atoms with E-state index in [1.165, 1.54) is 5.56 Å². The van der Waals surface area contributed by atoms with Crippen molar-refractivity contribution in [1.29, 1.82) is 0 Å². The van der Waals surface area contributed by atoms with E-state index in [-0.39, 0.29) is 0 Å². The zero-order valence-corrected chi connectivity index (χ0v) is 11.6. The molecule has 1 aromatic carbocycles. The molecule has 2 rings (SSSR count). The Kier molecular flexibility index (Phi) is 4.10. The van der Waals surface area contributed by atoms with Crippen LogP contribution in [-0.4, -0.2) is 37.9 Å². The summed E-state index contributed by atoms with van der Waals surface area (Å²) < 4.78 is 5.30. The van der Waals surface area contributed by atoms with Gasteiger partial charge in [-0.1, -0.05) is 17.7 Å². The number of carbonyl (C=O) groups is 1. The molecule has 4 nitrogen and oxygen atoms in total. The zero-order valence-electron chi connectivity index (χ0n) is 11.6. The fourth-order valence-electron chi connectivity index (χ4n) is 2.55. The van der Waals surface area contributed by atoms with Crippen LogP contribution in [0.15, 0.2) is 24.3 Å². The Morgan fingerprint density at radius 2 is 1.89 bits per heavy atom. The number of nitrogens with zero attached hydrogens (tertiary/aromatic N) is 1. The van der Waals surface area contributed by atoms with Crippen molar-refractivity contribution in [3.8, 4) is 0 Å². The predicted molar refractivity (Wildman–Crippen MR) is 74.6 cm³/mol. The minimum atomic E-state index is -0.713. The number of aliphatic carboxylic acids is 1. The van der Waals surface area contributed by atoms with Crippen molar-refractivity contribution in [2.45, 2.75) is 19.8 Å². The fourth-order valence-corrected chi connectivity index (χ4v) is 2.55. The van der Waals surface area contributed by atoms with Crippen LogP contribution in [-0.2, 0) is 9.53 Å². The molecule has 1 N–H and O–H groups in total. The highest BCUT2D eigenvalue weighted by atomic mass is 16.5. The van der Waals surface area contributed by atoms with Crippen molar-refractivity contribution in [2.24, 2.45) is 5.41 Å². The standard InChI is InChI=1S/C15H21NO3/c1-12-3-5-13(6-4-12)16(2)11-15(14(17)18)7-9-19-10-8-15/h3-6H,7-11H2,1-2H3,(H,17,18). The summed E-state index contributed by atoms with van der Waals surface area (Å²) in [6.07, 6.45) is 1.16. The van der Waals surface area contributed by atoms with Crippen molar-refractivity contribution >= 4 is 11.7 Å². The van der Waals surface area contributed by atoms with Crippen LogP contribution in [0.1, 0.15) is 18.4 Å². The van der Waals surface area contributed by atoms with E-state index in [1.54, 1.807) is 0 Å². The zero-order chi connectivity index (χ0) is 13.9. The highest BCUT2D eigenvalue weighted by molar-refractivity contribution is 5.76. The minimum Gasteiger partial charge on any atom is -0.481 e. The van der Waals surface area contributed by atoms with Gasteiger partial charge in [0.25, 0.3) is 0 Å². The average molecular weight is 263 g/mol. The summed E-state index contributed by atoms with van der Waals surface area (Å²) >= 11 is 0. The monoisotopic (exact) mass is 263 g/mol. The molecule has 4 heteroatoms. The van der Waals surface area contributed by atoms with E-state index >= 15 is 0 Å². The van der Waals surface area contributed by atoms with Crippen molar-refractivity contribution in [1.82, 2.24) is 0 Å². The normalized spacial score (nSPS) is 18.0. The minimum absolute atomic E-state index is 0.523. The molecule has 19 heavy (non-hydrogen) atoms. The maximum absolute atomic E-state index is 11.6. The molecule has 0 unspecified atom stereocenters. The molecular weight excluding hydrogens is 242 g/mol. The van der Waals surface area contributed by atoms with Gasteiger partial charge >= 0.3 is 5.97 Å². The Labute approximate surface area is 114 Å². The number of rotatable bonds is 4. The maximum atomic E-state index is 11.6. The van der Waals surface area contributed by atoms with Crippen LogP contribution in [0.2, 0.25) is 0 Å². The lowest BCUT2D eigenvalue weighted by molar-refractivity contribution is -0.154. The summed E-state index contributed by atoms with van der Waals surface area (Å²) in [5.74, 6) is -0.713. The Bertz CT molecular complexity index is 435. The van der Waals surface area contributed by atoms with Crippen LogP contribution in [0, 0.1) is 12.3 Å². The van der Waals surface area contributed by atoms with Crippen molar-refractivity contribution in [2.75, 3.05) is 31.7 Å². The van der Waals surface area contributed by atoms with Crippen LogP contribution >= 0.6 is 0 Å². The van der Waals surface area contributed by atoms with Crippen LogP contribution in [0.25, 0.3) is 0 Å². The van der Waals surface area contributed by atoms with E-state index in [0.717, 1.165) is 5.69 Å². The van der Waals surface area contributed by atoms with E-state index in [9.17, 15) is 9.90 Å². The van der Waals surface area contributed by atoms with Gasteiger partial charge in [-0.25, -0.2) is 0 Å². The molecule has 1 aromatic rings. The quantitative estimate of drug-likeness (QED) is 0.905. The van der Waals surface area contributed by atoms with Gasteiger partial charge in [0.2, 0.25) is 0 Å². The molecule has 1 heterocycles. The third-order valence-electron chi connectivity index (χ3n) is 3.92. The molecule has 0 spiro atoms. The highest BCUT2D eigenvalue weighted by Crippen LogP contribution is 2.33. The lowest BCUT2D eigenvalue weighted by Crippen LogP contribution is -2.45. The summed E-state index contributed by atoms with van der Waals surface area (Å²) in [4.78, 5) is 13.6. The first-order chi connectivity index (χ1) is 9.03. The Morgan fingerprint density at radius 1 is 1.32 bits per heavy atom. The molecule has 0 bridgehead atoms. The molecule has 0 aromatic heterocycles. The van der Waals surface area contributed by atoms with E-state index in [4.69, 9.17) is 4.74 Å². The first-order valence-corrected chi connectivity index (χ1v) is 6.62. The third-order valence-corrected chi connectivity index (χ3v) is 3.92. The number of hydrogen-bond donors (Lipinski definition) is 1. The second-order valence-corrected chi connectivity index (χ2v) is 5.39. The SMILES string of the molecule is Cc1ccc(N(C)CC2(C(=O)O)CCOCC2)cc1. The van der Waals surface area contributed by atoms with Gasteiger partial charge in [0.05, 0.1) is 5.41 Å². The van der Waals surface area contributed by atoms with Gasteiger partial charge in [0.15, 0.2) is 0 Å². The van der Waals surface area contributed by atoms with E-state index < -0.39 is 11.4 Å². The van der Waals surface area contributed by atoms with E-state index in [2.05, 4.69) is 0 Å². The molecule has 0 amide bonds. The number of carboxylic acids is 1. The van der Waals surface area contributed by atoms with Crippen LogP contribution < -0.4 is 4.90 Å². The molecular formula is C15H21NO3. The number of hydrogen-bond acceptors (Lipinski definition) is 3. The first-order valence-electron chi connectivity index (χ1n) is 6.62. The van der Waals surface area contributed by atoms with Crippen LogP contribution in [0.3, 0.4) is 0 Å². The topological polar surface area (TPSA) is 49.8 Å². The van der Waals surface area contributed by atoms with Gasteiger partial charge in [0.1, 0.15) is 0 Å². The molecule has 0 saturated carbocycles. The summed E-state index contributed by atoms with van der Waals surface area (Å²) in [6, 6.07) is 8.15. The predicted octanol–water partition coefficient (Wildman–Crippen LogP) is 2.31. The van der Waals surface area contributed by atoms with Crippen LogP contribution in [0.5, 0.6) is 0 Å². The molecule has 0 atom stereocenters. The molecule has 1 aliphatic heterocycles. The lowest BCUT2D eigenvalue weighted by Gasteiger charge is -2.37. The van der Waals surface area contributed by atoms with Gasteiger partial charge in [-0.05, 0) is 31.9 Å². The Morgan fingerprint density at radius 3 is 2.42 bits per heavy atom. The van der Waals surface area contributed by atoms with Crippen molar-refractivity contribution in [3.05, 3.63) is 29.8 Å². The second kappa shape index (κ2) is 5.61. The molecule has 1 fully saturated rings. The van der Waals surface area contributed by atoms with Gasteiger partial charge in [-0.2, -0.15) is 0 Å². The summed E-state index contributed by atoms with van der Waals surface area (Å²) in [6.45, 7) is 3.64. The molecule has 1 aliphatic rings. The number of ether oxygens (including phenoxy) is 1. The summed E-state index contributed by atoms with van der Waals surface area (Å²) in [7, 11) is 1.95. The van der Waals surface area contributed by atoms with Crippen molar-refractivity contribution < 1.29 is 14.6 Å². The van der Waals surface area contributed by atoms with E-state index in [0.29, 0.717) is 32.6 Å². The number of carboxylic acid groups (broad SMARTS) is 1. The van der Waals surface area contributed by atoms with Crippen LogP contribution in [0.4, 0.5) is 5.69 Å². The largest absolute Gasteiger partial charge is 0.481 e. The maximum Gasteiger partial charge on any atom is 0.311 e. The van der Waals surface area contributed by atoms with Crippen molar-refractivity contribution in [3.63, 3.8) is 0 Å². The third kappa shape index (κ3) is 3.07. The number of benzene rings is 1. The fraction of sp³-hybridized carbons (Fsp3) is 0.533. The Hall–Kier alpha value is -1.55. The van der Waals surface area contributed by atoms with Gasteiger partial charge in [-0.15, -0.1) is 0 Å². The van der Waals surface area contributed by atoms with Gasteiger partial charge in [-0.3, -0.25) is 4.79 Å². The van der Waals surface area contributed by atoms with E-state index in [1.807, 2.05) is 43.1 Å². The number of anilines is 1. The Balaban J connectivity index is 2.12. The van der Waals surface area contributed by atoms with Gasteiger partial charge in [0, 0.05) is 32.5 Å². The molecule has 1 saturated heterocycles.